The van der Waals surface area contributed by atoms with Crippen molar-refractivity contribution in [3.63, 3.8) is 0 Å². The Balaban J connectivity index is 1.71. The summed E-state index contributed by atoms with van der Waals surface area (Å²) in [6.45, 7) is 15.2. The third-order valence-corrected chi connectivity index (χ3v) is 8.86. The lowest BCUT2D eigenvalue weighted by molar-refractivity contribution is 0.125. The molecule has 3 heteroatoms. The van der Waals surface area contributed by atoms with Gasteiger partial charge in [-0.15, -0.1) is 0 Å². The number of hydrogen-bond donors (Lipinski definition) is 0. The zero-order valence-corrected chi connectivity index (χ0v) is 18.2. The Morgan fingerprint density at radius 2 is 1.62 bits per heavy atom. The maximum atomic E-state index is 5.77. The standard InChI is InChI=1S/C26H28N2O/c1-24(2)18-13-20-21(14-19(18)25(3,4)26(24,5)6)28-11-9-15-16-10-12-29-22(16)8-7-17(15)23(28)27-20/h7-9,11,13-14H,10,12H2,1-6H3. The van der Waals surface area contributed by atoms with E-state index in [9.17, 15) is 0 Å². The van der Waals surface area contributed by atoms with Gasteiger partial charge in [0.2, 0.25) is 0 Å². The molecule has 0 atom stereocenters. The highest BCUT2D eigenvalue weighted by Crippen LogP contribution is 2.61. The minimum Gasteiger partial charge on any atom is -0.493 e. The van der Waals surface area contributed by atoms with E-state index in [1.54, 1.807) is 0 Å². The van der Waals surface area contributed by atoms with Crippen LogP contribution in [0.1, 0.15) is 58.2 Å². The van der Waals surface area contributed by atoms with Crippen LogP contribution in [-0.4, -0.2) is 16.0 Å². The lowest BCUT2D eigenvalue weighted by Crippen LogP contribution is -2.42. The summed E-state index contributed by atoms with van der Waals surface area (Å²) in [6, 6.07) is 11.3. The molecule has 2 aliphatic rings. The lowest BCUT2D eigenvalue weighted by atomic mass is 9.59. The lowest BCUT2D eigenvalue weighted by Gasteiger charge is -2.44. The Kier molecular flexibility index (Phi) is 2.96. The molecule has 148 valence electrons. The van der Waals surface area contributed by atoms with Crippen LogP contribution in [0.15, 0.2) is 36.5 Å². The summed E-state index contributed by atoms with van der Waals surface area (Å²) >= 11 is 0. The number of ether oxygens (including phenoxy) is 1. The van der Waals surface area contributed by atoms with Gasteiger partial charge in [0.05, 0.1) is 17.6 Å². The van der Waals surface area contributed by atoms with Gasteiger partial charge >= 0.3 is 0 Å². The van der Waals surface area contributed by atoms with E-state index in [4.69, 9.17) is 9.72 Å². The van der Waals surface area contributed by atoms with Crippen molar-refractivity contribution in [1.29, 1.82) is 0 Å². The van der Waals surface area contributed by atoms with E-state index in [1.165, 1.54) is 33.0 Å². The van der Waals surface area contributed by atoms with Gasteiger partial charge in [0, 0.05) is 23.6 Å². The molecule has 1 aliphatic carbocycles. The molecule has 0 radical (unpaired) electrons. The SMILES string of the molecule is CC1(C)c2cc3nc4c5ccc6c(c5ccn4c3cc2C(C)(C)C1(C)C)CCO6. The van der Waals surface area contributed by atoms with Gasteiger partial charge in [0.15, 0.2) is 0 Å². The van der Waals surface area contributed by atoms with Crippen molar-refractivity contribution in [1.82, 2.24) is 9.38 Å². The van der Waals surface area contributed by atoms with Crippen LogP contribution < -0.4 is 4.74 Å². The predicted octanol–water partition coefficient (Wildman–Crippen LogP) is 6.17. The fourth-order valence-corrected chi connectivity index (χ4v) is 5.81. The van der Waals surface area contributed by atoms with E-state index >= 15 is 0 Å². The normalized spacial score (nSPS) is 20.9. The topological polar surface area (TPSA) is 26.5 Å². The van der Waals surface area contributed by atoms with Gasteiger partial charge in [0.25, 0.3) is 0 Å². The van der Waals surface area contributed by atoms with E-state index in [0.29, 0.717) is 0 Å². The number of hydrogen-bond acceptors (Lipinski definition) is 2. The first-order valence-electron chi connectivity index (χ1n) is 10.7. The molecule has 0 fully saturated rings. The molecule has 0 saturated carbocycles. The smallest absolute Gasteiger partial charge is 0.145 e. The maximum Gasteiger partial charge on any atom is 0.145 e. The van der Waals surface area contributed by atoms with Crippen molar-refractivity contribution in [3.05, 3.63) is 53.2 Å². The average molecular weight is 385 g/mol. The molecule has 3 heterocycles. The first-order chi connectivity index (χ1) is 13.6. The van der Waals surface area contributed by atoms with Crippen molar-refractivity contribution in [3.8, 4) is 5.75 Å². The summed E-state index contributed by atoms with van der Waals surface area (Å²) in [5.74, 6) is 1.03. The Labute approximate surface area is 171 Å². The molecule has 2 aromatic heterocycles. The molecule has 2 aromatic carbocycles. The summed E-state index contributed by atoms with van der Waals surface area (Å²) in [6.07, 6.45) is 3.17. The minimum atomic E-state index is 0.0933. The highest BCUT2D eigenvalue weighted by molar-refractivity contribution is 6.01. The van der Waals surface area contributed by atoms with E-state index in [1.807, 2.05) is 0 Å². The summed E-state index contributed by atoms with van der Waals surface area (Å²) in [5.41, 5.74) is 7.93. The quantitative estimate of drug-likeness (QED) is 0.362. The number of fused-ring (bicyclic) bond motifs is 8. The van der Waals surface area contributed by atoms with Gasteiger partial charge in [-0.3, -0.25) is 4.40 Å². The van der Waals surface area contributed by atoms with Crippen LogP contribution in [0.4, 0.5) is 0 Å². The molecular weight excluding hydrogens is 356 g/mol. The number of imidazole rings is 1. The molecule has 29 heavy (non-hydrogen) atoms. The predicted molar refractivity (Wildman–Crippen MR) is 119 cm³/mol. The third kappa shape index (κ3) is 1.83. The third-order valence-electron chi connectivity index (χ3n) is 8.86. The van der Waals surface area contributed by atoms with Crippen LogP contribution in [0.25, 0.3) is 27.5 Å². The van der Waals surface area contributed by atoms with E-state index in [2.05, 4.69) is 82.5 Å². The number of nitrogens with zero attached hydrogens (tertiary/aromatic N) is 2. The number of pyridine rings is 1. The molecule has 0 bridgehead atoms. The fourth-order valence-electron chi connectivity index (χ4n) is 5.81. The van der Waals surface area contributed by atoms with Crippen LogP contribution in [0.5, 0.6) is 5.75 Å². The summed E-state index contributed by atoms with van der Waals surface area (Å²) in [7, 11) is 0. The number of benzene rings is 2. The first-order valence-corrected chi connectivity index (χ1v) is 10.7. The molecule has 0 spiro atoms. The Morgan fingerprint density at radius 1 is 0.897 bits per heavy atom. The summed E-state index contributed by atoms with van der Waals surface area (Å²) in [4.78, 5) is 5.13. The van der Waals surface area contributed by atoms with Crippen molar-refractivity contribution in [2.24, 2.45) is 5.41 Å². The van der Waals surface area contributed by atoms with Crippen LogP contribution in [0.3, 0.4) is 0 Å². The molecule has 6 rings (SSSR count). The average Bonchev–Trinajstić information content (AvgIpc) is 3.32. The van der Waals surface area contributed by atoms with E-state index < -0.39 is 0 Å². The molecule has 0 N–H and O–H groups in total. The second-order valence-corrected chi connectivity index (χ2v) is 10.5. The second-order valence-electron chi connectivity index (χ2n) is 10.5. The maximum absolute atomic E-state index is 5.77. The Morgan fingerprint density at radius 3 is 2.38 bits per heavy atom. The van der Waals surface area contributed by atoms with E-state index in [-0.39, 0.29) is 16.2 Å². The minimum absolute atomic E-state index is 0.0933. The highest BCUT2D eigenvalue weighted by atomic mass is 16.5. The fraction of sp³-hybridized carbons (Fsp3) is 0.423. The van der Waals surface area contributed by atoms with Crippen LogP contribution in [0, 0.1) is 5.41 Å². The molecule has 0 saturated heterocycles. The van der Waals surface area contributed by atoms with Crippen LogP contribution in [0.2, 0.25) is 0 Å². The molecule has 1 aliphatic heterocycles. The second kappa shape index (κ2) is 4.95. The number of aromatic nitrogens is 2. The summed E-state index contributed by atoms with van der Waals surface area (Å²) in [5, 5.41) is 2.49. The van der Waals surface area contributed by atoms with Crippen LogP contribution in [-0.2, 0) is 17.3 Å². The highest BCUT2D eigenvalue weighted by Gasteiger charge is 2.56. The van der Waals surface area contributed by atoms with Crippen molar-refractivity contribution in [2.75, 3.05) is 6.61 Å². The largest absolute Gasteiger partial charge is 0.493 e. The number of rotatable bonds is 0. The molecule has 0 amide bonds. The van der Waals surface area contributed by atoms with Gasteiger partial charge in [-0.05, 0) is 63.1 Å². The summed E-state index contributed by atoms with van der Waals surface area (Å²) < 4.78 is 8.04. The molecule has 3 nitrogen and oxygen atoms in total. The van der Waals surface area contributed by atoms with Crippen molar-refractivity contribution in [2.45, 2.75) is 58.8 Å². The van der Waals surface area contributed by atoms with Gasteiger partial charge in [0.1, 0.15) is 11.4 Å². The van der Waals surface area contributed by atoms with Gasteiger partial charge in [-0.25, -0.2) is 4.98 Å². The molecule has 0 unspecified atom stereocenters. The first kappa shape index (κ1) is 17.3. The Hall–Kier alpha value is -2.55. The monoisotopic (exact) mass is 384 g/mol. The zero-order valence-electron chi connectivity index (χ0n) is 18.2. The van der Waals surface area contributed by atoms with Gasteiger partial charge in [-0.2, -0.15) is 0 Å². The molecular formula is C26H28N2O. The van der Waals surface area contributed by atoms with Crippen LogP contribution >= 0.6 is 0 Å². The zero-order chi connectivity index (χ0) is 20.3. The Bertz CT molecular complexity index is 1350. The molecule has 4 aromatic rings. The van der Waals surface area contributed by atoms with Gasteiger partial charge in [-0.1, -0.05) is 41.5 Å². The van der Waals surface area contributed by atoms with Crippen molar-refractivity contribution < 1.29 is 4.74 Å². The van der Waals surface area contributed by atoms with E-state index in [0.717, 1.165) is 29.9 Å². The van der Waals surface area contributed by atoms with Crippen molar-refractivity contribution >= 4 is 27.5 Å². The van der Waals surface area contributed by atoms with Gasteiger partial charge < -0.3 is 4.74 Å².